The minimum absolute atomic E-state index is 0.285. The van der Waals surface area contributed by atoms with Crippen LogP contribution < -0.4 is 5.32 Å². The second kappa shape index (κ2) is 32.5. The van der Waals surface area contributed by atoms with Gasteiger partial charge in [0, 0.05) is 6.42 Å². The van der Waals surface area contributed by atoms with Crippen LogP contribution in [0.3, 0.4) is 0 Å². The van der Waals surface area contributed by atoms with Crippen molar-refractivity contribution < 1.29 is 22.9 Å². The van der Waals surface area contributed by atoms with Gasteiger partial charge in [0.15, 0.2) is 0 Å². The van der Waals surface area contributed by atoms with Crippen LogP contribution in [0.2, 0.25) is 0 Å². The van der Waals surface area contributed by atoms with Gasteiger partial charge < -0.3 is 10.4 Å². The monoisotopic (exact) mass is 654 g/mol. The molecule has 7 heteroatoms. The SMILES string of the molecule is CCCCCCCCCCCCC/C=C/CC/C=C/CC/C=C/C(O)C(CS(=O)(=O)O)NC(=O)CCCCCCCCCCC. The zero-order chi connectivity index (χ0) is 33.3. The summed E-state index contributed by atoms with van der Waals surface area (Å²) in [7, 11) is -4.35. The van der Waals surface area contributed by atoms with Gasteiger partial charge >= 0.3 is 0 Å². The summed E-state index contributed by atoms with van der Waals surface area (Å²) in [5.41, 5.74) is 0. The van der Waals surface area contributed by atoms with Crippen molar-refractivity contribution in [3.05, 3.63) is 36.5 Å². The summed E-state index contributed by atoms with van der Waals surface area (Å²) in [5, 5.41) is 13.1. The first-order valence-corrected chi connectivity index (χ1v) is 20.3. The van der Waals surface area contributed by atoms with Crippen molar-refractivity contribution in [2.75, 3.05) is 5.75 Å². The molecule has 0 radical (unpaired) electrons. The zero-order valence-corrected chi connectivity index (χ0v) is 30.1. The first-order valence-electron chi connectivity index (χ1n) is 18.7. The molecule has 0 bridgehead atoms. The number of allylic oxidation sites excluding steroid dienone is 5. The molecule has 0 aromatic heterocycles. The van der Waals surface area contributed by atoms with Crippen molar-refractivity contribution >= 4 is 16.0 Å². The van der Waals surface area contributed by atoms with Gasteiger partial charge in [-0.25, -0.2) is 0 Å². The predicted molar refractivity (Wildman–Crippen MR) is 193 cm³/mol. The fourth-order valence-electron chi connectivity index (χ4n) is 5.48. The van der Waals surface area contributed by atoms with Crippen molar-refractivity contribution in [1.29, 1.82) is 0 Å². The van der Waals surface area contributed by atoms with Gasteiger partial charge in [-0.15, -0.1) is 0 Å². The molecule has 0 heterocycles. The second-order valence-corrected chi connectivity index (χ2v) is 14.3. The van der Waals surface area contributed by atoms with Crippen molar-refractivity contribution in [2.24, 2.45) is 0 Å². The Morgan fingerprint density at radius 2 is 0.956 bits per heavy atom. The minimum atomic E-state index is -4.35. The van der Waals surface area contributed by atoms with E-state index in [4.69, 9.17) is 0 Å². The number of unbranched alkanes of at least 4 members (excludes halogenated alkanes) is 21. The molecule has 1 amide bonds. The molecule has 0 aliphatic heterocycles. The second-order valence-electron chi connectivity index (χ2n) is 12.8. The van der Waals surface area contributed by atoms with Crippen molar-refractivity contribution in [1.82, 2.24) is 5.32 Å². The van der Waals surface area contributed by atoms with Crippen LogP contribution in [0.5, 0.6) is 0 Å². The molecule has 45 heavy (non-hydrogen) atoms. The number of aliphatic hydroxyl groups excluding tert-OH is 1. The summed E-state index contributed by atoms with van der Waals surface area (Å²) in [5.74, 6) is -1.01. The smallest absolute Gasteiger partial charge is 0.267 e. The van der Waals surface area contributed by atoms with Gasteiger partial charge in [-0.2, -0.15) is 8.42 Å². The van der Waals surface area contributed by atoms with Crippen LogP contribution in [0.4, 0.5) is 0 Å². The van der Waals surface area contributed by atoms with Crippen molar-refractivity contribution in [2.45, 2.75) is 193 Å². The van der Waals surface area contributed by atoms with E-state index in [0.29, 0.717) is 6.42 Å². The summed E-state index contributed by atoms with van der Waals surface area (Å²) in [4.78, 5) is 12.4. The van der Waals surface area contributed by atoms with E-state index in [-0.39, 0.29) is 12.3 Å². The topological polar surface area (TPSA) is 104 Å². The fourth-order valence-corrected chi connectivity index (χ4v) is 6.21. The third-order valence-corrected chi connectivity index (χ3v) is 9.08. The Morgan fingerprint density at radius 1 is 0.578 bits per heavy atom. The van der Waals surface area contributed by atoms with Crippen molar-refractivity contribution in [3.8, 4) is 0 Å². The number of carbonyl (C=O) groups excluding carboxylic acids is 1. The van der Waals surface area contributed by atoms with Gasteiger partial charge in [-0.05, 0) is 44.9 Å². The third-order valence-electron chi connectivity index (χ3n) is 8.30. The number of carbonyl (C=O) groups is 1. The molecule has 2 unspecified atom stereocenters. The lowest BCUT2D eigenvalue weighted by Gasteiger charge is -2.21. The summed E-state index contributed by atoms with van der Waals surface area (Å²) in [6.07, 6.45) is 41.4. The molecule has 0 fully saturated rings. The van der Waals surface area contributed by atoms with Crippen LogP contribution in [0.15, 0.2) is 36.5 Å². The van der Waals surface area contributed by atoms with E-state index in [1.807, 2.05) is 0 Å². The summed E-state index contributed by atoms with van der Waals surface area (Å²) in [6.45, 7) is 4.48. The molecule has 0 aliphatic rings. The highest BCUT2D eigenvalue weighted by Crippen LogP contribution is 2.13. The molecule has 3 N–H and O–H groups in total. The van der Waals surface area contributed by atoms with Crippen LogP contribution in [0.1, 0.15) is 181 Å². The molecule has 0 aliphatic carbocycles. The Balaban J connectivity index is 4.00. The lowest BCUT2D eigenvalue weighted by Crippen LogP contribution is -2.46. The largest absolute Gasteiger partial charge is 0.387 e. The maximum Gasteiger partial charge on any atom is 0.267 e. The van der Waals surface area contributed by atoms with E-state index < -0.39 is 28.0 Å². The van der Waals surface area contributed by atoms with Crippen LogP contribution in [0, 0.1) is 0 Å². The fraction of sp³-hybridized carbons (Fsp3) is 0.816. The normalized spacial score (nSPS) is 13.8. The molecule has 0 aromatic carbocycles. The molecule has 0 rings (SSSR count). The molecule has 264 valence electrons. The molecule has 2 atom stereocenters. The Hall–Kier alpha value is -1.44. The minimum Gasteiger partial charge on any atom is -0.387 e. The van der Waals surface area contributed by atoms with E-state index in [1.54, 1.807) is 6.08 Å². The highest BCUT2D eigenvalue weighted by Gasteiger charge is 2.24. The maximum atomic E-state index is 12.4. The number of rotatable bonds is 33. The molecular weight excluding hydrogens is 582 g/mol. The average Bonchev–Trinajstić information content (AvgIpc) is 3.00. The Labute approximate surface area is 278 Å². The van der Waals surface area contributed by atoms with E-state index in [1.165, 1.54) is 122 Å². The molecule has 0 spiro atoms. The number of amides is 1. The number of hydrogen-bond acceptors (Lipinski definition) is 4. The van der Waals surface area contributed by atoms with Crippen LogP contribution in [-0.2, 0) is 14.9 Å². The molecule has 6 nitrogen and oxygen atoms in total. The molecule has 0 aromatic rings. The van der Waals surface area contributed by atoms with E-state index >= 15 is 0 Å². The lowest BCUT2D eigenvalue weighted by molar-refractivity contribution is -0.122. The highest BCUT2D eigenvalue weighted by atomic mass is 32.2. The van der Waals surface area contributed by atoms with Gasteiger partial charge in [0.25, 0.3) is 10.1 Å². The Morgan fingerprint density at radius 3 is 1.40 bits per heavy atom. The number of aliphatic hydroxyl groups is 1. The van der Waals surface area contributed by atoms with Gasteiger partial charge in [-0.1, -0.05) is 166 Å². The highest BCUT2D eigenvalue weighted by molar-refractivity contribution is 7.85. The summed E-state index contributed by atoms with van der Waals surface area (Å²) >= 11 is 0. The number of nitrogens with one attached hydrogen (secondary N) is 1. The predicted octanol–water partition coefficient (Wildman–Crippen LogP) is 10.6. The van der Waals surface area contributed by atoms with Crippen LogP contribution in [-0.4, -0.2) is 41.9 Å². The molecular formula is C38H71NO5S. The number of hydrogen-bond donors (Lipinski definition) is 3. The van der Waals surface area contributed by atoms with E-state index in [9.17, 15) is 22.9 Å². The maximum absolute atomic E-state index is 12.4. The zero-order valence-electron chi connectivity index (χ0n) is 29.2. The average molecular weight is 654 g/mol. The van der Waals surface area contributed by atoms with Crippen LogP contribution in [0.25, 0.3) is 0 Å². The Bertz CT molecular complexity index is 852. The first-order chi connectivity index (χ1) is 21.8. The lowest BCUT2D eigenvalue weighted by atomic mass is 10.1. The Kier molecular flexibility index (Phi) is 31.5. The van der Waals surface area contributed by atoms with Gasteiger partial charge in [0.1, 0.15) is 0 Å². The quantitative estimate of drug-likeness (QED) is 0.0371. The van der Waals surface area contributed by atoms with Gasteiger partial charge in [0.05, 0.1) is 17.9 Å². The molecule has 0 saturated heterocycles. The van der Waals surface area contributed by atoms with E-state index in [0.717, 1.165) is 38.5 Å². The van der Waals surface area contributed by atoms with Gasteiger partial charge in [-0.3, -0.25) is 9.35 Å². The summed E-state index contributed by atoms with van der Waals surface area (Å²) < 4.78 is 32.3. The summed E-state index contributed by atoms with van der Waals surface area (Å²) in [6, 6.07) is -1.07. The standard InChI is InChI=1S/C38H71NO5S/c1-3-5-7-9-11-13-14-15-16-17-18-19-20-21-22-23-24-26-27-29-31-33-37(40)36(35-45(42,43)44)39-38(41)34-32-30-28-25-12-10-8-6-4-2/h20-21,24,26,31,33,36-37,40H,3-19,22-23,25,27-30,32,34-35H2,1-2H3,(H,39,41)(H,42,43,44)/b21-20+,26-24+,33-31+. The van der Waals surface area contributed by atoms with Crippen LogP contribution >= 0.6 is 0 Å². The van der Waals surface area contributed by atoms with Crippen molar-refractivity contribution in [3.63, 3.8) is 0 Å². The first kappa shape index (κ1) is 43.6. The van der Waals surface area contributed by atoms with E-state index in [2.05, 4.69) is 43.5 Å². The molecule has 0 saturated carbocycles. The third kappa shape index (κ3) is 33.7. The van der Waals surface area contributed by atoms with Gasteiger partial charge in [0.2, 0.25) is 5.91 Å².